The molecule has 4 aliphatic rings. The van der Waals surface area contributed by atoms with E-state index in [0.29, 0.717) is 11.3 Å². The predicted octanol–water partition coefficient (Wildman–Crippen LogP) is 6.89. The van der Waals surface area contributed by atoms with E-state index < -0.39 is 5.97 Å². The third-order valence-electron chi connectivity index (χ3n) is 8.27. The largest absolute Gasteiger partial charge is 0.508 e. The van der Waals surface area contributed by atoms with E-state index in [1.807, 2.05) is 30.3 Å². The first-order valence-electron chi connectivity index (χ1n) is 11.8. The third kappa shape index (κ3) is 3.23. The first kappa shape index (κ1) is 19.6. The Kier molecular flexibility index (Phi) is 4.43. The summed E-state index contributed by atoms with van der Waals surface area (Å²) < 4.78 is 0. The normalized spacial score (nSPS) is 28.1. The molecule has 3 heteroatoms. The molecule has 0 aromatic heterocycles. The van der Waals surface area contributed by atoms with Crippen molar-refractivity contribution in [3.63, 3.8) is 0 Å². The molecule has 4 saturated carbocycles. The van der Waals surface area contributed by atoms with Crippen molar-refractivity contribution in [2.75, 3.05) is 0 Å². The van der Waals surface area contributed by atoms with Gasteiger partial charge < -0.3 is 10.2 Å². The van der Waals surface area contributed by atoms with Gasteiger partial charge in [-0.15, -0.1) is 0 Å². The summed E-state index contributed by atoms with van der Waals surface area (Å²) in [6.07, 6.45) is 7.86. The standard InChI is InChI=1S/C29H28O3/c30-27-9-8-25(14-26(27)29-15-18-10-19(16-29)12-20(11-18)17-29)24-3-1-2-23(13-24)21-4-6-22(7-5-21)28(31)32/h1-9,13-14,18-20,30H,10-12,15-17H2,(H,31,32). The molecule has 3 nitrogen and oxygen atoms in total. The number of carboxylic acid groups (broad SMARTS) is 1. The SMILES string of the molecule is O=C(O)c1ccc(-c2cccc(-c3ccc(O)c(C45CC6CC(CC(C6)C4)C5)c3)c2)cc1. The van der Waals surface area contributed by atoms with Crippen molar-refractivity contribution in [3.05, 3.63) is 77.9 Å². The second-order valence-electron chi connectivity index (χ2n) is 10.4. The molecule has 4 aliphatic carbocycles. The number of benzene rings is 3. The monoisotopic (exact) mass is 424 g/mol. The Morgan fingerprint density at radius 2 is 1.25 bits per heavy atom. The number of carboxylic acids is 1. The maximum absolute atomic E-state index is 11.2. The highest BCUT2D eigenvalue weighted by Crippen LogP contribution is 2.62. The van der Waals surface area contributed by atoms with Crippen LogP contribution < -0.4 is 0 Å². The van der Waals surface area contributed by atoms with Gasteiger partial charge in [0.05, 0.1) is 5.56 Å². The molecular formula is C29H28O3. The molecule has 3 aromatic carbocycles. The number of hydrogen-bond donors (Lipinski definition) is 2. The first-order chi connectivity index (χ1) is 15.5. The van der Waals surface area contributed by atoms with Crippen LogP contribution in [0.4, 0.5) is 0 Å². The highest BCUT2D eigenvalue weighted by Gasteiger charge is 2.52. The molecule has 0 amide bonds. The molecule has 32 heavy (non-hydrogen) atoms. The molecule has 0 atom stereocenters. The van der Waals surface area contributed by atoms with Crippen molar-refractivity contribution in [1.82, 2.24) is 0 Å². The first-order valence-corrected chi connectivity index (χ1v) is 11.8. The lowest BCUT2D eigenvalue weighted by atomic mass is 9.48. The molecule has 0 heterocycles. The quantitative estimate of drug-likeness (QED) is 0.479. The number of hydrogen-bond acceptors (Lipinski definition) is 2. The summed E-state index contributed by atoms with van der Waals surface area (Å²) in [6.45, 7) is 0. The zero-order valence-corrected chi connectivity index (χ0v) is 18.1. The van der Waals surface area contributed by atoms with Gasteiger partial charge in [-0.3, -0.25) is 0 Å². The molecule has 4 fully saturated rings. The van der Waals surface area contributed by atoms with E-state index in [0.717, 1.165) is 45.6 Å². The minimum atomic E-state index is -0.911. The van der Waals surface area contributed by atoms with Gasteiger partial charge in [0.15, 0.2) is 0 Å². The van der Waals surface area contributed by atoms with Crippen LogP contribution in [0.1, 0.15) is 54.4 Å². The van der Waals surface area contributed by atoms with Crippen LogP contribution in [0.25, 0.3) is 22.3 Å². The van der Waals surface area contributed by atoms with Gasteiger partial charge in [0.2, 0.25) is 0 Å². The second kappa shape index (κ2) is 7.23. The van der Waals surface area contributed by atoms with Gasteiger partial charge in [-0.05, 0) is 114 Å². The van der Waals surface area contributed by atoms with Crippen LogP contribution >= 0.6 is 0 Å². The minimum absolute atomic E-state index is 0.152. The van der Waals surface area contributed by atoms with E-state index >= 15 is 0 Å². The second-order valence-corrected chi connectivity index (χ2v) is 10.4. The van der Waals surface area contributed by atoms with Gasteiger partial charge in [0.25, 0.3) is 0 Å². The fraction of sp³-hybridized carbons (Fsp3) is 0.345. The lowest BCUT2D eigenvalue weighted by Crippen LogP contribution is -2.48. The smallest absolute Gasteiger partial charge is 0.335 e. The predicted molar refractivity (Wildman–Crippen MR) is 126 cm³/mol. The summed E-state index contributed by atoms with van der Waals surface area (Å²) in [5.41, 5.74) is 5.92. The van der Waals surface area contributed by atoms with Gasteiger partial charge in [0.1, 0.15) is 5.75 Å². The number of phenols is 1. The third-order valence-corrected chi connectivity index (χ3v) is 8.27. The summed E-state index contributed by atoms with van der Waals surface area (Å²) in [5, 5.41) is 20.1. The van der Waals surface area contributed by atoms with E-state index in [-0.39, 0.29) is 5.41 Å². The van der Waals surface area contributed by atoms with Crippen molar-refractivity contribution in [3.8, 4) is 28.0 Å². The molecule has 162 valence electrons. The van der Waals surface area contributed by atoms with Crippen molar-refractivity contribution >= 4 is 5.97 Å². The van der Waals surface area contributed by atoms with Gasteiger partial charge in [-0.25, -0.2) is 4.79 Å². The maximum atomic E-state index is 11.2. The van der Waals surface area contributed by atoms with Crippen LogP contribution in [0.2, 0.25) is 0 Å². The number of aromatic hydroxyl groups is 1. The number of carbonyl (C=O) groups is 1. The molecule has 0 unspecified atom stereocenters. The Morgan fingerprint density at radius 3 is 1.84 bits per heavy atom. The van der Waals surface area contributed by atoms with Crippen LogP contribution in [0.5, 0.6) is 5.75 Å². The van der Waals surface area contributed by atoms with Crippen LogP contribution in [0, 0.1) is 17.8 Å². The molecule has 2 N–H and O–H groups in total. The molecular weight excluding hydrogens is 396 g/mol. The van der Waals surface area contributed by atoms with Crippen LogP contribution in [-0.4, -0.2) is 16.2 Å². The average Bonchev–Trinajstić information content (AvgIpc) is 2.78. The Labute approximate surface area is 188 Å². The van der Waals surface area contributed by atoms with E-state index in [1.165, 1.54) is 38.5 Å². The van der Waals surface area contributed by atoms with Crippen molar-refractivity contribution in [2.24, 2.45) is 17.8 Å². The van der Waals surface area contributed by atoms with E-state index in [2.05, 4.69) is 24.3 Å². The fourth-order valence-corrected chi connectivity index (χ4v) is 7.26. The van der Waals surface area contributed by atoms with Gasteiger partial charge in [-0.1, -0.05) is 36.4 Å². The summed E-state index contributed by atoms with van der Waals surface area (Å²) >= 11 is 0. The Hall–Kier alpha value is -3.07. The molecule has 4 bridgehead atoms. The number of phenolic OH excluding ortho intramolecular Hbond substituents is 1. The van der Waals surface area contributed by atoms with E-state index in [4.69, 9.17) is 5.11 Å². The van der Waals surface area contributed by atoms with Crippen LogP contribution in [-0.2, 0) is 5.41 Å². The highest BCUT2D eigenvalue weighted by molar-refractivity contribution is 5.88. The molecule has 7 rings (SSSR count). The maximum Gasteiger partial charge on any atom is 0.335 e. The van der Waals surface area contributed by atoms with Crippen LogP contribution in [0.15, 0.2) is 66.7 Å². The number of aromatic carboxylic acids is 1. The van der Waals surface area contributed by atoms with Crippen molar-refractivity contribution < 1.29 is 15.0 Å². The summed E-state index contributed by atoms with van der Waals surface area (Å²) in [6, 6.07) is 21.6. The van der Waals surface area contributed by atoms with Crippen molar-refractivity contribution in [2.45, 2.75) is 43.9 Å². The van der Waals surface area contributed by atoms with Gasteiger partial charge in [-0.2, -0.15) is 0 Å². The summed E-state index contributed by atoms with van der Waals surface area (Å²) in [5.74, 6) is 2.05. The Morgan fingerprint density at radius 1 is 0.719 bits per heavy atom. The zero-order chi connectivity index (χ0) is 21.9. The summed E-state index contributed by atoms with van der Waals surface area (Å²) in [7, 11) is 0. The zero-order valence-electron chi connectivity index (χ0n) is 18.1. The van der Waals surface area contributed by atoms with Gasteiger partial charge in [0, 0.05) is 5.56 Å². The molecule has 0 radical (unpaired) electrons. The van der Waals surface area contributed by atoms with Crippen molar-refractivity contribution in [1.29, 1.82) is 0 Å². The Bertz CT molecular complexity index is 1160. The lowest BCUT2D eigenvalue weighted by Gasteiger charge is -2.57. The molecule has 0 aliphatic heterocycles. The molecule has 3 aromatic rings. The topological polar surface area (TPSA) is 57.5 Å². The highest BCUT2D eigenvalue weighted by atomic mass is 16.4. The van der Waals surface area contributed by atoms with E-state index in [9.17, 15) is 9.90 Å². The van der Waals surface area contributed by atoms with Crippen LogP contribution in [0.3, 0.4) is 0 Å². The molecule has 0 spiro atoms. The Balaban J connectivity index is 1.36. The molecule has 0 saturated heterocycles. The van der Waals surface area contributed by atoms with E-state index in [1.54, 1.807) is 12.1 Å². The minimum Gasteiger partial charge on any atom is -0.508 e. The summed E-state index contributed by atoms with van der Waals surface area (Å²) in [4.78, 5) is 11.2. The number of rotatable bonds is 4. The lowest BCUT2D eigenvalue weighted by molar-refractivity contribution is -0.00611. The average molecular weight is 425 g/mol. The fourth-order valence-electron chi connectivity index (χ4n) is 7.26. The van der Waals surface area contributed by atoms with Gasteiger partial charge >= 0.3 is 5.97 Å².